The second kappa shape index (κ2) is 4.80. The normalized spacial score (nSPS) is 19.9. The summed E-state index contributed by atoms with van der Waals surface area (Å²) in [7, 11) is 0. The molecule has 6 nitrogen and oxygen atoms in total. The maximum atomic E-state index is 12.0. The summed E-state index contributed by atoms with van der Waals surface area (Å²) in [6, 6.07) is 1.59. The molecule has 1 unspecified atom stereocenters. The number of rotatable bonds is 1. The lowest BCUT2D eigenvalue weighted by atomic mass is 10.1. The number of nitrogens with zero attached hydrogens (tertiary/aromatic N) is 3. The molecule has 2 rings (SSSR count). The molecular formula is C12H17N3O3. The third-order valence-corrected chi connectivity index (χ3v) is 3.25. The molecule has 1 aromatic heterocycles. The van der Waals surface area contributed by atoms with Gasteiger partial charge in [0, 0.05) is 18.7 Å². The zero-order valence-corrected chi connectivity index (χ0v) is 10.6. The van der Waals surface area contributed by atoms with Crippen LogP contribution in [0.25, 0.3) is 0 Å². The standard InChI is InChI=1S/C12H17N3O3/c1-8-6-9(2)13-15(11(8)16)10-4-3-5-14(7-10)12(17)18/h6,10H,3-5,7H2,1-2H3,(H,17,18). The van der Waals surface area contributed by atoms with E-state index in [1.807, 2.05) is 6.92 Å². The molecule has 18 heavy (non-hydrogen) atoms. The molecule has 1 aliphatic rings. The molecule has 1 amide bonds. The fraction of sp³-hybridized carbons (Fsp3) is 0.583. The van der Waals surface area contributed by atoms with Gasteiger partial charge in [-0.05, 0) is 32.8 Å². The number of carboxylic acid groups (broad SMARTS) is 1. The molecule has 1 atom stereocenters. The van der Waals surface area contributed by atoms with E-state index in [1.54, 1.807) is 13.0 Å². The molecule has 6 heteroatoms. The number of piperidine rings is 1. The highest BCUT2D eigenvalue weighted by Gasteiger charge is 2.26. The first kappa shape index (κ1) is 12.6. The van der Waals surface area contributed by atoms with E-state index in [0.29, 0.717) is 18.7 Å². The Morgan fingerprint density at radius 2 is 2.22 bits per heavy atom. The lowest BCUT2D eigenvalue weighted by Crippen LogP contribution is -2.43. The SMILES string of the molecule is Cc1cc(C)c(=O)n(C2CCCN(C(=O)O)C2)n1. The Kier molecular flexibility index (Phi) is 3.36. The van der Waals surface area contributed by atoms with Crippen LogP contribution in [0.4, 0.5) is 4.79 Å². The van der Waals surface area contributed by atoms with Crippen LogP contribution in [-0.4, -0.2) is 39.0 Å². The average molecular weight is 251 g/mol. The highest BCUT2D eigenvalue weighted by Crippen LogP contribution is 2.19. The minimum atomic E-state index is -0.933. The summed E-state index contributed by atoms with van der Waals surface area (Å²) in [5.41, 5.74) is 1.30. The van der Waals surface area contributed by atoms with Gasteiger partial charge in [-0.3, -0.25) is 4.79 Å². The van der Waals surface area contributed by atoms with Gasteiger partial charge in [-0.25, -0.2) is 9.48 Å². The van der Waals surface area contributed by atoms with E-state index in [1.165, 1.54) is 9.58 Å². The summed E-state index contributed by atoms with van der Waals surface area (Å²) < 4.78 is 1.44. The van der Waals surface area contributed by atoms with Crippen LogP contribution in [0.3, 0.4) is 0 Å². The third kappa shape index (κ3) is 2.37. The van der Waals surface area contributed by atoms with Gasteiger partial charge in [0.05, 0.1) is 11.7 Å². The summed E-state index contributed by atoms with van der Waals surface area (Å²) in [6.07, 6.45) is 0.620. The molecule has 1 N–H and O–H groups in total. The van der Waals surface area contributed by atoms with E-state index in [2.05, 4.69) is 5.10 Å². The van der Waals surface area contributed by atoms with E-state index >= 15 is 0 Å². The van der Waals surface area contributed by atoms with Crippen LogP contribution in [0.5, 0.6) is 0 Å². The number of amides is 1. The van der Waals surface area contributed by atoms with Crippen LogP contribution < -0.4 is 5.56 Å². The smallest absolute Gasteiger partial charge is 0.407 e. The molecule has 2 heterocycles. The second-order valence-corrected chi connectivity index (χ2v) is 4.74. The summed E-state index contributed by atoms with van der Waals surface area (Å²) in [5.74, 6) is 0. The van der Waals surface area contributed by atoms with E-state index in [9.17, 15) is 9.59 Å². The van der Waals surface area contributed by atoms with Crippen molar-refractivity contribution in [3.8, 4) is 0 Å². The van der Waals surface area contributed by atoms with Crippen molar-refractivity contribution in [3.05, 3.63) is 27.7 Å². The molecule has 1 aromatic rings. The topological polar surface area (TPSA) is 75.4 Å². The minimum absolute atomic E-state index is 0.127. The highest BCUT2D eigenvalue weighted by atomic mass is 16.4. The van der Waals surface area contributed by atoms with Crippen molar-refractivity contribution >= 4 is 6.09 Å². The van der Waals surface area contributed by atoms with Crippen LogP contribution in [0.2, 0.25) is 0 Å². The molecule has 0 spiro atoms. The van der Waals surface area contributed by atoms with Crippen LogP contribution in [-0.2, 0) is 0 Å². The highest BCUT2D eigenvalue weighted by molar-refractivity contribution is 5.65. The van der Waals surface area contributed by atoms with Gasteiger partial charge >= 0.3 is 6.09 Å². The zero-order valence-electron chi connectivity index (χ0n) is 10.6. The lowest BCUT2D eigenvalue weighted by molar-refractivity contribution is 0.118. The first-order chi connectivity index (χ1) is 8.49. The molecule has 0 aliphatic carbocycles. The van der Waals surface area contributed by atoms with E-state index in [0.717, 1.165) is 18.5 Å². The van der Waals surface area contributed by atoms with Gasteiger partial charge in [0.1, 0.15) is 0 Å². The van der Waals surface area contributed by atoms with Crippen LogP contribution in [0, 0.1) is 13.8 Å². The Hall–Kier alpha value is -1.85. The molecule has 0 radical (unpaired) electrons. The van der Waals surface area contributed by atoms with Crippen molar-refractivity contribution in [1.82, 2.24) is 14.7 Å². The van der Waals surface area contributed by atoms with Crippen molar-refractivity contribution in [2.45, 2.75) is 32.7 Å². The van der Waals surface area contributed by atoms with Crippen LogP contribution >= 0.6 is 0 Å². The van der Waals surface area contributed by atoms with Gasteiger partial charge in [-0.15, -0.1) is 0 Å². The predicted octanol–water partition coefficient (Wildman–Crippen LogP) is 1.18. The van der Waals surface area contributed by atoms with Crippen molar-refractivity contribution in [2.75, 3.05) is 13.1 Å². The predicted molar refractivity (Wildman–Crippen MR) is 65.8 cm³/mol. The van der Waals surface area contributed by atoms with E-state index in [-0.39, 0.29) is 11.6 Å². The monoisotopic (exact) mass is 251 g/mol. The average Bonchev–Trinajstić information content (AvgIpc) is 2.34. The second-order valence-electron chi connectivity index (χ2n) is 4.74. The fourth-order valence-electron chi connectivity index (χ4n) is 2.38. The molecule has 1 aliphatic heterocycles. The number of hydrogen-bond donors (Lipinski definition) is 1. The summed E-state index contributed by atoms with van der Waals surface area (Å²) in [6.45, 7) is 4.46. The van der Waals surface area contributed by atoms with Gasteiger partial charge in [0.25, 0.3) is 5.56 Å². The first-order valence-electron chi connectivity index (χ1n) is 6.04. The number of hydrogen-bond acceptors (Lipinski definition) is 3. The van der Waals surface area contributed by atoms with Gasteiger partial charge in [-0.2, -0.15) is 5.10 Å². The molecule has 1 fully saturated rings. The largest absolute Gasteiger partial charge is 0.465 e. The maximum Gasteiger partial charge on any atom is 0.407 e. The van der Waals surface area contributed by atoms with E-state index < -0.39 is 6.09 Å². The number of likely N-dealkylation sites (tertiary alicyclic amines) is 1. The number of aryl methyl sites for hydroxylation is 2. The molecule has 0 saturated carbocycles. The zero-order chi connectivity index (χ0) is 13.3. The minimum Gasteiger partial charge on any atom is -0.465 e. The maximum absolute atomic E-state index is 12.0. The molecule has 1 saturated heterocycles. The van der Waals surface area contributed by atoms with Gasteiger partial charge < -0.3 is 10.0 Å². The van der Waals surface area contributed by atoms with Crippen molar-refractivity contribution in [1.29, 1.82) is 0 Å². The third-order valence-electron chi connectivity index (χ3n) is 3.25. The number of aromatic nitrogens is 2. The van der Waals surface area contributed by atoms with Gasteiger partial charge in [0.2, 0.25) is 0 Å². The quantitative estimate of drug-likeness (QED) is 0.813. The summed E-state index contributed by atoms with van der Waals surface area (Å²) in [5, 5.41) is 13.2. The van der Waals surface area contributed by atoms with Crippen molar-refractivity contribution < 1.29 is 9.90 Å². The Morgan fingerprint density at radius 3 is 2.89 bits per heavy atom. The Balaban J connectivity index is 2.31. The van der Waals surface area contributed by atoms with Crippen LogP contribution in [0.15, 0.2) is 10.9 Å². The van der Waals surface area contributed by atoms with Crippen LogP contribution in [0.1, 0.15) is 30.1 Å². The Bertz CT molecular complexity index is 524. The van der Waals surface area contributed by atoms with Gasteiger partial charge in [-0.1, -0.05) is 0 Å². The van der Waals surface area contributed by atoms with Gasteiger partial charge in [0.15, 0.2) is 0 Å². The molecular weight excluding hydrogens is 234 g/mol. The number of carbonyl (C=O) groups is 1. The molecule has 0 bridgehead atoms. The van der Waals surface area contributed by atoms with E-state index in [4.69, 9.17) is 5.11 Å². The molecule has 98 valence electrons. The Morgan fingerprint density at radius 1 is 1.50 bits per heavy atom. The van der Waals surface area contributed by atoms with Crippen molar-refractivity contribution in [2.24, 2.45) is 0 Å². The summed E-state index contributed by atoms with van der Waals surface area (Å²) in [4.78, 5) is 24.3. The van der Waals surface area contributed by atoms with Crippen molar-refractivity contribution in [3.63, 3.8) is 0 Å². The summed E-state index contributed by atoms with van der Waals surface area (Å²) >= 11 is 0. The first-order valence-corrected chi connectivity index (χ1v) is 6.04. The lowest BCUT2D eigenvalue weighted by Gasteiger charge is -2.31. The fourth-order valence-corrected chi connectivity index (χ4v) is 2.38. The Labute approximate surface area is 105 Å². The molecule has 0 aromatic carbocycles.